The molecule has 5 atom stereocenters. The Morgan fingerprint density at radius 2 is 1.86 bits per heavy atom. The molecule has 2 aromatic rings. The molecule has 0 amide bonds. The van der Waals surface area contributed by atoms with Crippen LogP contribution >= 0.6 is 0 Å². The number of ether oxygens (including phenoxy) is 1. The monoisotopic (exact) mass is 618 g/mol. The summed E-state index contributed by atoms with van der Waals surface area (Å²) < 4.78 is 94.4. The zero-order valence-electron chi connectivity index (χ0n) is 24.5. The lowest BCUT2D eigenvalue weighted by Crippen LogP contribution is -2.54. The number of pyridine rings is 1. The van der Waals surface area contributed by atoms with Gasteiger partial charge in [-0.1, -0.05) is 13.3 Å². The maximum Gasteiger partial charge on any atom is 0.418 e. The quantitative estimate of drug-likeness (QED) is 0.449. The lowest BCUT2D eigenvalue weighted by Gasteiger charge is -2.51. The Labute approximate surface area is 246 Å². The lowest BCUT2D eigenvalue weighted by atomic mass is 9.64. The molecule has 6 rings (SSSR count). The van der Waals surface area contributed by atoms with Gasteiger partial charge < -0.3 is 4.74 Å². The first-order valence-electron chi connectivity index (χ1n) is 15.2. The van der Waals surface area contributed by atoms with Gasteiger partial charge in [-0.05, 0) is 75.6 Å². The number of piperidine rings is 1. The second-order valence-electron chi connectivity index (χ2n) is 13.3. The van der Waals surface area contributed by atoms with Gasteiger partial charge in [0.2, 0.25) is 0 Å². The Hall–Kier alpha value is -2.13. The van der Waals surface area contributed by atoms with Crippen LogP contribution in [0.2, 0.25) is 0 Å². The van der Waals surface area contributed by atoms with Crippen LogP contribution in [0.3, 0.4) is 0 Å². The van der Waals surface area contributed by atoms with Gasteiger partial charge in [-0.2, -0.15) is 26.3 Å². The number of nitrogens with zero attached hydrogens (tertiary/aromatic N) is 4. The first kappa shape index (κ1) is 30.9. The van der Waals surface area contributed by atoms with Gasteiger partial charge in [0.25, 0.3) is 0 Å². The molecule has 5 heterocycles. The van der Waals surface area contributed by atoms with Crippen LogP contribution in [0.5, 0.6) is 0 Å². The largest absolute Gasteiger partial charge is 0.418 e. The van der Waals surface area contributed by atoms with Gasteiger partial charge in [-0.3, -0.25) is 18.8 Å². The van der Waals surface area contributed by atoms with Crippen LogP contribution in [0.15, 0.2) is 23.3 Å². The fraction of sp³-hybridized carbons (Fsp3) is 0.759. The van der Waals surface area contributed by atoms with Crippen molar-refractivity contribution in [3.05, 3.63) is 40.1 Å². The van der Waals surface area contributed by atoms with E-state index in [9.17, 15) is 31.1 Å². The average molecular weight is 619 g/mol. The van der Waals surface area contributed by atoms with E-state index in [1.807, 2.05) is 14.0 Å². The third-order valence-electron chi connectivity index (χ3n) is 10.2. The van der Waals surface area contributed by atoms with E-state index in [1.165, 1.54) is 15.7 Å². The highest BCUT2D eigenvalue weighted by atomic mass is 19.4. The van der Waals surface area contributed by atoms with Gasteiger partial charge in [0.05, 0.1) is 37.1 Å². The summed E-state index contributed by atoms with van der Waals surface area (Å²) in [6, 6.07) is -1.99. The van der Waals surface area contributed by atoms with Crippen LogP contribution < -0.4 is 16.5 Å². The minimum absolute atomic E-state index is 0.0158. The number of nitrogens with one attached hydrogen (secondary N) is 2. The molecule has 1 saturated carbocycles. The van der Waals surface area contributed by atoms with Crippen molar-refractivity contribution < 1.29 is 31.1 Å². The Morgan fingerprint density at radius 3 is 2.47 bits per heavy atom. The topological polar surface area (TPSA) is 66.2 Å². The van der Waals surface area contributed by atoms with Crippen LogP contribution in [-0.4, -0.2) is 71.1 Å². The van der Waals surface area contributed by atoms with Crippen molar-refractivity contribution in [1.82, 2.24) is 29.6 Å². The first-order chi connectivity index (χ1) is 20.3. The third kappa shape index (κ3) is 5.85. The summed E-state index contributed by atoms with van der Waals surface area (Å²) in [5.41, 5.74) is 3.37. The van der Waals surface area contributed by atoms with Crippen molar-refractivity contribution in [2.45, 2.75) is 82.5 Å². The van der Waals surface area contributed by atoms with Crippen molar-refractivity contribution in [3.63, 3.8) is 0 Å². The van der Waals surface area contributed by atoms with Gasteiger partial charge in [0.1, 0.15) is 6.04 Å². The predicted molar refractivity (Wildman–Crippen MR) is 147 cm³/mol. The molecule has 43 heavy (non-hydrogen) atoms. The number of hydrogen-bond donors (Lipinski definition) is 2. The SMILES string of the molecule is C[C@H]1CCCN(C(c2cc(C(F)(F)F)c3cn(C4CCCC(C5(CC6NNCN6C)COC5)C4)c(=O)n3c2)C(F)(F)F)C1. The Kier molecular flexibility index (Phi) is 8.15. The van der Waals surface area contributed by atoms with Gasteiger partial charge in [0, 0.05) is 30.4 Å². The second kappa shape index (κ2) is 11.3. The number of aromatic nitrogens is 2. The molecule has 1 aliphatic carbocycles. The molecule has 0 spiro atoms. The fourth-order valence-corrected chi connectivity index (χ4v) is 7.89. The van der Waals surface area contributed by atoms with E-state index in [2.05, 4.69) is 15.8 Å². The maximum atomic E-state index is 14.5. The molecule has 8 nitrogen and oxygen atoms in total. The predicted octanol–water partition coefficient (Wildman–Crippen LogP) is 4.92. The molecular formula is C29H40F6N6O2. The first-order valence-corrected chi connectivity index (χ1v) is 15.2. The summed E-state index contributed by atoms with van der Waals surface area (Å²) >= 11 is 0. The lowest BCUT2D eigenvalue weighted by molar-refractivity contribution is -0.191. The second-order valence-corrected chi connectivity index (χ2v) is 13.3. The van der Waals surface area contributed by atoms with Crippen LogP contribution in [0.1, 0.15) is 75.1 Å². The van der Waals surface area contributed by atoms with Crippen molar-refractivity contribution in [2.24, 2.45) is 17.3 Å². The number of alkyl halides is 6. The molecule has 4 unspecified atom stereocenters. The number of halogens is 6. The van der Waals surface area contributed by atoms with Gasteiger partial charge in [-0.25, -0.2) is 15.6 Å². The van der Waals surface area contributed by atoms with Crippen LogP contribution in [0, 0.1) is 17.3 Å². The van der Waals surface area contributed by atoms with E-state index in [4.69, 9.17) is 4.74 Å². The Morgan fingerprint density at radius 1 is 1.09 bits per heavy atom. The number of hydrogen-bond acceptors (Lipinski definition) is 6. The molecule has 0 bridgehead atoms. The summed E-state index contributed by atoms with van der Waals surface area (Å²) in [4.78, 5) is 17.1. The molecule has 0 aromatic carbocycles. The van der Waals surface area contributed by atoms with Crippen LogP contribution in [-0.2, 0) is 10.9 Å². The summed E-state index contributed by atoms with van der Waals surface area (Å²) in [6.07, 6.45) is -2.42. The summed E-state index contributed by atoms with van der Waals surface area (Å²) in [6.45, 7) is 3.96. The van der Waals surface area contributed by atoms with E-state index in [1.54, 1.807) is 0 Å². The number of fused-ring (bicyclic) bond motifs is 1. The van der Waals surface area contributed by atoms with E-state index in [-0.39, 0.29) is 42.5 Å². The van der Waals surface area contributed by atoms with Crippen LogP contribution in [0.25, 0.3) is 5.52 Å². The smallest absolute Gasteiger partial charge is 0.380 e. The molecule has 4 fully saturated rings. The van der Waals surface area contributed by atoms with Crippen molar-refractivity contribution in [3.8, 4) is 0 Å². The zero-order chi connectivity index (χ0) is 30.7. The summed E-state index contributed by atoms with van der Waals surface area (Å²) in [5.74, 6) is 0.178. The summed E-state index contributed by atoms with van der Waals surface area (Å²) in [7, 11) is 2.02. The van der Waals surface area contributed by atoms with Crippen LogP contribution in [0.4, 0.5) is 26.3 Å². The summed E-state index contributed by atoms with van der Waals surface area (Å²) in [5, 5.41) is 0. The molecule has 14 heteroatoms. The average Bonchev–Trinajstić information content (AvgIpc) is 3.46. The van der Waals surface area contributed by atoms with Gasteiger partial charge in [-0.15, -0.1) is 0 Å². The number of rotatable bonds is 6. The number of hydrazine groups is 1. The molecule has 0 radical (unpaired) electrons. The maximum absolute atomic E-state index is 14.5. The minimum atomic E-state index is -4.94. The van der Waals surface area contributed by atoms with Crippen molar-refractivity contribution >= 4 is 5.52 Å². The van der Waals surface area contributed by atoms with Gasteiger partial charge >= 0.3 is 18.0 Å². The minimum Gasteiger partial charge on any atom is -0.380 e. The molecule has 2 N–H and O–H groups in total. The number of likely N-dealkylation sites (tertiary alicyclic amines) is 1. The Bertz CT molecular complexity index is 1370. The van der Waals surface area contributed by atoms with E-state index in [0.29, 0.717) is 45.2 Å². The number of imidazole rings is 1. The standard InChI is InChI=1S/C29H40F6N6O2/c1-18-5-4-8-39(12-18)25(29(33,34)35)19-9-22(28(30,31)32)23-14-40(26(42)41(23)13-19)21-7-3-6-20(10-21)27(15-43-16-27)11-24-37-36-17-38(24)2/h9,13-14,18,20-21,24-25,36-37H,3-8,10-12,15-17H2,1-2H3/t18-,20?,21?,24?,25?/m0/s1. The molecular weight excluding hydrogens is 578 g/mol. The van der Waals surface area contributed by atoms with Crippen molar-refractivity contribution in [1.29, 1.82) is 0 Å². The highest BCUT2D eigenvalue weighted by Crippen LogP contribution is 2.50. The fourth-order valence-electron chi connectivity index (χ4n) is 7.89. The Balaban J connectivity index is 1.36. The molecule has 3 aliphatic heterocycles. The zero-order valence-corrected chi connectivity index (χ0v) is 24.5. The highest BCUT2D eigenvalue weighted by molar-refractivity contribution is 5.56. The molecule has 3 saturated heterocycles. The van der Waals surface area contributed by atoms with Gasteiger partial charge in [0.15, 0.2) is 0 Å². The third-order valence-corrected chi connectivity index (χ3v) is 10.2. The molecule has 2 aromatic heterocycles. The van der Waals surface area contributed by atoms with E-state index in [0.717, 1.165) is 36.3 Å². The van der Waals surface area contributed by atoms with E-state index >= 15 is 0 Å². The normalized spacial score (nSPS) is 30.0. The van der Waals surface area contributed by atoms with E-state index < -0.39 is 40.7 Å². The van der Waals surface area contributed by atoms with Crippen molar-refractivity contribution in [2.75, 3.05) is 40.0 Å². The highest BCUT2D eigenvalue weighted by Gasteiger charge is 2.50. The molecule has 240 valence electrons. The molecule has 4 aliphatic rings.